The van der Waals surface area contributed by atoms with Crippen molar-refractivity contribution >= 4 is 11.8 Å². The van der Waals surface area contributed by atoms with E-state index in [1.54, 1.807) is 42.5 Å². The number of rotatable bonds is 9. The highest BCUT2D eigenvalue weighted by Crippen LogP contribution is 2.44. The molecule has 0 spiro atoms. The number of aliphatic hydroxyl groups is 1. The largest absolute Gasteiger partial charge is 0.416 e. The summed E-state index contributed by atoms with van der Waals surface area (Å²) in [5, 5.41) is 12.3. The van der Waals surface area contributed by atoms with Crippen LogP contribution in [0, 0.1) is 0 Å². The van der Waals surface area contributed by atoms with Crippen LogP contribution in [0.4, 0.5) is 26.3 Å². The maximum atomic E-state index is 13.9. The Hall–Kier alpha value is -3.90. The first-order valence-electron chi connectivity index (χ1n) is 13.0. The number of alkyl halides is 6. The zero-order valence-corrected chi connectivity index (χ0v) is 22.4. The highest BCUT2D eigenvalue weighted by molar-refractivity contribution is 6.01. The fourth-order valence-electron chi connectivity index (χ4n) is 5.09. The first-order valence-corrected chi connectivity index (χ1v) is 13.0. The molecule has 0 saturated heterocycles. The van der Waals surface area contributed by atoms with Crippen LogP contribution < -0.4 is 5.32 Å². The van der Waals surface area contributed by atoms with Crippen molar-refractivity contribution < 1.29 is 45.8 Å². The van der Waals surface area contributed by atoms with Crippen LogP contribution in [0.1, 0.15) is 62.1 Å². The van der Waals surface area contributed by atoms with E-state index in [4.69, 9.17) is 4.74 Å². The summed E-state index contributed by atoms with van der Waals surface area (Å²) in [6.07, 6.45) is -9.66. The number of hydrogen-bond acceptors (Lipinski definition) is 4. The van der Waals surface area contributed by atoms with Crippen molar-refractivity contribution in [3.8, 4) is 0 Å². The van der Waals surface area contributed by atoms with E-state index < -0.39 is 59.4 Å². The number of ether oxygens (including phenoxy) is 1. The third-order valence-electron chi connectivity index (χ3n) is 7.05. The summed E-state index contributed by atoms with van der Waals surface area (Å²) >= 11 is 0. The van der Waals surface area contributed by atoms with E-state index in [1.807, 2.05) is 0 Å². The lowest BCUT2D eigenvalue weighted by Crippen LogP contribution is -2.47. The van der Waals surface area contributed by atoms with E-state index in [1.165, 1.54) is 13.2 Å². The van der Waals surface area contributed by atoms with Gasteiger partial charge in [-0.1, -0.05) is 42.5 Å². The fourth-order valence-corrected chi connectivity index (χ4v) is 5.09. The molecule has 0 aliphatic carbocycles. The number of methoxy groups -OCH3 is 1. The van der Waals surface area contributed by atoms with Crippen LogP contribution in [0.2, 0.25) is 0 Å². The molecule has 2 amide bonds. The zero-order valence-electron chi connectivity index (χ0n) is 22.4. The van der Waals surface area contributed by atoms with E-state index in [2.05, 4.69) is 5.32 Å². The lowest BCUT2D eigenvalue weighted by Gasteiger charge is -2.42. The predicted octanol–water partition coefficient (Wildman–Crippen LogP) is 5.85. The maximum Gasteiger partial charge on any atom is 0.416 e. The van der Waals surface area contributed by atoms with Crippen LogP contribution >= 0.6 is 0 Å². The van der Waals surface area contributed by atoms with Gasteiger partial charge in [-0.2, -0.15) is 26.3 Å². The van der Waals surface area contributed by atoms with E-state index in [0.29, 0.717) is 41.9 Å². The molecule has 1 aliphatic rings. The second-order valence-corrected chi connectivity index (χ2v) is 9.89. The number of amides is 2. The van der Waals surface area contributed by atoms with Crippen molar-refractivity contribution in [1.29, 1.82) is 0 Å². The van der Waals surface area contributed by atoms with Gasteiger partial charge in [0.25, 0.3) is 5.91 Å². The molecule has 0 bridgehead atoms. The van der Waals surface area contributed by atoms with Crippen molar-refractivity contribution in [2.45, 2.75) is 43.9 Å². The van der Waals surface area contributed by atoms with Crippen molar-refractivity contribution in [1.82, 2.24) is 10.2 Å². The lowest BCUT2D eigenvalue weighted by molar-refractivity contribution is -0.143. The lowest BCUT2D eigenvalue weighted by atomic mass is 9.78. The number of fused-ring (bicyclic) bond motifs is 1. The van der Waals surface area contributed by atoms with E-state index in [-0.39, 0.29) is 24.8 Å². The minimum Gasteiger partial charge on any atom is -0.392 e. The molecule has 12 heteroatoms. The summed E-state index contributed by atoms with van der Waals surface area (Å²) in [4.78, 5) is 28.7. The highest BCUT2D eigenvalue weighted by Gasteiger charge is 2.45. The molecule has 1 aliphatic heterocycles. The van der Waals surface area contributed by atoms with Crippen molar-refractivity contribution in [3.05, 3.63) is 106 Å². The van der Waals surface area contributed by atoms with Gasteiger partial charge >= 0.3 is 12.4 Å². The summed E-state index contributed by atoms with van der Waals surface area (Å²) in [6, 6.07) is 12.6. The molecule has 224 valence electrons. The molecule has 2 atom stereocenters. The Bertz CT molecular complexity index is 1390. The number of carbonyl (C=O) groups excluding carboxylic acids is 2. The van der Waals surface area contributed by atoms with E-state index in [9.17, 15) is 41.0 Å². The molecule has 0 unspecified atom stereocenters. The van der Waals surface area contributed by atoms with E-state index >= 15 is 0 Å². The van der Waals surface area contributed by atoms with Gasteiger partial charge in [-0.3, -0.25) is 9.59 Å². The predicted molar refractivity (Wildman–Crippen MR) is 140 cm³/mol. The van der Waals surface area contributed by atoms with Gasteiger partial charge in [0, 0.05) is 32.4 Å². The van der Waals surface area contributed by atoms with Gasteiger partial charge in [0.2, 0.25) is 5.91 Å². The normalized spacial score (nSPS) is 17.2. The SMILES string of the molecule is COCCCNC(=O)[C@@H]1c2ccccc2C(=O)N(Cc2cc(C(F)(F)F)cc(C(F)(F)F)c2)[C@H]1c1ccc(CO)cc1. The van der Waals surface area contributed by atoms with Crippen molar-refractivity contribution in [3.63, 3.8) is 0 Å². The van der Waals surface area contributed by atoms with E-state index in [0.717, 1.165) is 4.90 Å². The second kappa shape index (κ2) is 12.5. The molecular formula is C30H28F6N2O4. The highest BCUT2D eigenvalue weighted by atomic mass is 19.4. The number of hydrogen-bond donors (Lipinski definition) is 2. The molecule has 2 N–H and O–H groups in total. The Morgan fingerprint density at radius 3 is 2.12 bits per heavy atom. The van der Waals surface area contributed by atoms with Crippen LogP contribution in [-0.2, 0) is 35.0 Å². The zero-order chi connectivity index (χ0) is 30.7. The molecule has 1 heterocycles. The molecule has 0 radical (unpaired) electrons. The molecule has 6 nitrogen and oxygen atoms in total. The molecule has 4 rings (SSSR count). The second-order valence-electron chi connectivity index (χ2n) is 9.89. The first kappa shape index (κ1) is 31.0. The number of nitrogens with one attached hydrogen (secondary N) is 1. The molecule has 3 aromatic carbocycles. The van der Waals surface area contributed by atoms with Gasteiger partial charge in [-0.25, -0.2) is 0 Å². The summed E-state index contributed by atoms with van der Waals surface area (Å²) in [5.74, 6) is -2.18. The first-order chi connectivity index (χ1) is 19.8. The Balaban J connectivity index is 1.86. The fraction of sp³-hybridized carbons (Fsp3) is 0.333. The van der Waals surface area contributed by atoms with Gasteiger partial charge in [-0.05, 0) is 52.9 Å². The van der Waals surface area contributed by atoms with Gasteiger partial charge in [0.1, 0.15) is 0 Å². The number of carbonyl (C=O) groups is 2. The van der Waals surface area contributed by atoms with Crippen molar-refractivity contribution in [2.75, 3.05) is 20.3 Å². The maximum absolute atomic E-state index is 13.9. The van der Waals surface area contributed by atoms with Gasteiger partial charge in [0.05, 0.1) is 29.7 Å². The Morgan fingerprint density at radius 1 is 0.929 bits per heavy atom. The molecule has 0 aromatic heterocycles. The standard InChI is InChI=1S/C30H28F6N2O4/c1-42-12-4-11-37-27(40)25-23-5-2-3-6-24(23)28(41)38(26(25)20-9-7-18(17-39)8-10-20)16-19-13-21(29(31,32)33)15-22(14-19)30(34,35)36/h2-3,5-10,13-15,25-26,39H,4,11-12,16-17H2,1H3,(H,37,40)/t25-,26+/m1/s1. The minimum atomic E-state index is -5.07. The Morgan fingerprint density at radius 2 is 1.55 bits per heavy atom. The third-order valence-corrected chi connectivity index (χ3v) is 7.05. The Labute approximate surface area is 237 Å². The summed E-state index contributed by atoms with van der Waals surface area (Å²) in [7, 11) is 1.51. The minimum absolute atomic E-state index is 0.0260. The van der Waals surface area contributed by atoms with Crippen LogP contribution in [0.3, 0.4) is 0 Å². The summed E-state index contributed by atoms with van der Waals surface area (Å²) < 4.78 is 86.7. The number of nitrogens with zero attached hydrogens (tertiary/aromatic N) is 1. The summed E-state index contributed by atoms with van der Waals surface area (Å²) in [5.41, 5.74) is -1.99. The van der Waals surface area contributed by atoms with Crippen LogP contribution in [0.25, 0.3) is 0 Å². The number of aliphatic hydroxyl groups excluding tert-OH is 1. The monoisotopic (exact) mass is 594 g/mol. The van der Waals surface area contributed by atoms with Crippen LogP contribution in [-0.4, -0.2) is 42.1 Å². The number of benzene rings is 3. The Kier molecular flexibility index (Phi) is 9.27. The topological polar surface area (TPSA) is 78.9 Å². The van der Waals surface area contributed by atoms with Gasteiger partial charge in [-0.15, -0.1) is 0 Å². The number of halogens is 6. The smallest absolute Gasteiger partial charge is 0.392 e. The molecule has 0 fully saturated rings. The van der Waals surface area contributed by atoms with Gasteiger partial charge in [0.15, 0.2) is 0 Å². The molecular weight excluding hydrogens is 566 g/mol. The van der Waals surface area contributed by atoms with Crippen LogP contribution in [0.15, 0.2) is 66.7 Å². The summed E-state index contributed by atoms with van der Waals surface area (Å²) in [6.45, 7) is -0.322. The molecule has 3 aromatic rings. The van der Waals surface area contributed by atoms with Crippen molar-refractivity contribution in [2.24, 2.45) is 0 Å². The average molecular weight is 595 g/mol. The molecule has 42 heavy (non-hydrogen) atoms. The molecule has 0 saturated carbocycles. The van der Waals surface area contributed by atoms with Crippen LogP contribution in [0.5, 0.6) is 0 Å². The third kappa shape index (κ3) is 6.76. The quantitative estimate of drug-likeness (QED) is 0.241. The van der Waals surface area contributed by atoms with Gasteiger partial charge < -0.3 is 20.1 Å². The average Bonchev–Trinajstić information content (AvgIpc) is 2.95.